The van der Waals surface area contributed by atoms with Gasteiger partial charge in [-0.2, -0.15) is 0 Å². The third-order valence-electron chi connectivity index (χ3n) is 4.95. The highest BCUT2D eigenvalue weighted by atomic mass is 16.6. The molecule has 158 valence electrons. The number of nitrogens with zero attached hydrogens (tertiary/aromatic N) is 2. The number of nitrogens with two attached hydrogens (primary N) is 1. The standard InChI is InChI=1S/C21H24N4O5/c22-21(27)16-3-2-10-24(13-16)12-15-6-8-17(9-7-15)23-20(26)14-30-19-5-1-4-18(11-19)25(28)29/h1,4-9,11,16H,2-3,10,12-14H2,(H2,22,27)(H,23,26). The van der Waals surface area contributed by atoms with Gasteiger partial charge in [0.05, 0.1) is 16.9 Å². The molecule has 0 bridgehead atoms. The Labute approximate surface area is 174 Å². The Balaban J connectivity index is 1.48. The van der Waals surface area contributed by atoms with E-state index < -0.39 is 4.92 Å². The van der Waals surface area contributed by atoms with E-state index in [1.54, 1.807) is 18.2 Å². The average molecular weight is 412 g/mol. The number of hydrogen-bond acceptors (Lipinski definition) is 6. The van der Waals surface area contributed by atoms with Crippen LogP contribution in [0.25, 0.3) is 0 Å². The summed E-state index contributed by atoms with van der Waals surface area (Å²) in [5.41, 5.74) is 7.03. The molecule has 0 saturated carbocycles. The predicted molar refractivity (Wildman–Crippen MR) is 111 cm³/mol. The molecule has 1 fully saturated rings. The fraction of sp³-hybridized carbons (Fsp3) is 0.333. The highest BCUT2D eigenvalue weighted by Gasteiger charge is 2.23. The van der Waals surface area contributed by atoms with E-state index in [9.17, 15) is 19.7 Å². The van der Waals surface area contributed by atoms with Crippen molar-refractivity contribution in [1.29, 1.82) is 0 Å². The Hall–Kier alpha value is -3.46. The van der Waals surface area contributed by atoms with Gasteiger partial charge in [-0.15, -0.1) is 0 Å². The van der Waals surface area contributed by atoms with Crippen LogP contribution in [0.1, 0.15) is 18.4 Å². The van der Waals surface area contributed by atoms with Crippen LogP contribution in [0, 0.1) is 16.0 Å². The van der Waals surface area contributed by atoms with E-state index >= 15 is 0 Å². The summed E-state index contributed by atoms with van der Waals surface area (Å²) in [5, 5.41) is 13.5. The maximum atomic E-state index is 12.1. The molecule has 0 radical (unpaired) electrons. The number of amides is 2. The number of nitro groups is 1. The van der Waals surface area contributed by atoms with Gasteiger partial charge in [0, 0.05) is 24.8 Å². The molecular formula is C21H24N4O5. The van der Waals surface area contributed by atoms with Crippen LogP contribution in [0.3, 0.4) is 0 Å². The molecule has 1 heterocycles. The second kappa shape index (κ2) is 9.84. The van der Waals surface area contributed by atoms with Gasteiger partial charge in [0.25, 0.3) is 11.6 Å². The number of nitro benzene ring substituents is 1. The number of primary amides is 1. The van der Waals surface area contributed by atoms with Gasteiger partial charge in [-0.1, -0.05) is 18.2 Å². The zero-order chi connectivity index (χ0) is 21.5. The second-order valence-corrected chi connectivity index (χ2v) is 7.26. The minimum Gasteiger partial charge on any atom is -0.484 e. The summed E-state index contributed by atoms with van der Waals surface area (Å²) in [7, 11) is 0. The largest absolute Gasteiger partial charge is 0.484 e. The lowest BCUT2D eigenvalue weighted by Crippen LogP contribution is -2.40. The number of benzene rings is 2. The minimum absolute atomic E-state index is 0.0941. The fourth-order valence-corrected chi connectivity index (χ4v) is 3.42. The lowest BCUT2D eigenvalue weighted by atomic mass is 9.97. The minimum atomic E-state index is -0.521. The Bertz CT molecular complexity index is 916. The summed E-state index contributed by atoms with van der Waals surface area (Å²) in [5.74, 6) is -0.450. The predicted octanol–water partition coefficient (Wildman–Crippen LogP) is 2.31. The van der Waals surface area contributed by atoms with Crippen molar-refractivity contribution >= 4 is 23.2 Å². The molecule has 30 heavy (non-hydrogen) atoms. The number of likely N-dealkylation sites (tertiary alicyclic amines) is 1. The van der Waals surface area contributed by atoms with Crippen LogP contribution in [0.2, 0.25) is 0 Å². The van der Waals surface area contributed by atoms with Crippen molar-refractivity contribution in [3.05, 3.63) is 64.2 Å². The third kappa shape index (κ3) is 6.02. The summed E-state index contributed by atoms with van der Waals surface area (Å²) in [4.78, 5) is 36.0. The number of non-ortho nitro benzene ring substituents is 1. The lowest BCUT2D eigenvalue weighted by Gasteiger charge is -2.31. The van der Waals surface area contributed by atoms with Crippen LogP contribution in [-0.2, 0) is 16.1 Å². The number of ether oxygens (including phenoxy) is 1. The van der Waals surface area contributed by atoms with E-state index in [1.807, 2.05) is 12.1 Å². The van der Waals surface area contributed by atoms with E-state index in [2.05, 4.69) is 10.2 Å². The van der Waals surface area contributed by atoms with Crippen LogP contribution in [-0.4, -0.2) is 41.3 Å². The number of carbonyl (C=O) groups excluding carboxylic acids is 2. The Morgan fingerprint density at radius 1 is 1.23 bits per heavy atom. The molecule has 9 nitrogen and oxygen atoms in total. The van der Waals surface area contributed by atoms with Crippen molar-refractivity contribution in [3.8, 4) is 5.75 Å². The molecule has 2 aromatic rings. The molecule has 0 aromatic heterocycles. The molecule has 2 amide bonds. The molecule has 1 aliphatic rings. The number of nitrogens with one attached hydrogen (secondary N) is 1. The van der Waals surface area contributed by atoms with Crippen molar-refractivity contribution in [2.45, 2.75) is 19.4 Å². The summed E-state index contributed by atoms with van der Waals surface area (Å²) in [6.45, 7) is 2.05. The van der Waals surface area contributed by atoms with Gasteiger partial charge >= 0.3 is 0 Å². The molecule has 1 atom stereocenters. The Kier molecular flexibility index (Phi) is 6.97. The van der Waals surface area contributed by atoms with Gasteiger partial charge in [0.1, 0.15) is 5.75 Å². The van der Waals surface area contributed by atoms with E-state index in [0.29, 0.717) is 18.8 Å². The van der Waals surface area contributed by atoms with Crippen molar-refractivity contribution in [3.63, 3.8) is 0 Å². The number of hydrogen-bond donors (Lipinski definition) is 2. The first kappa shape index (κ1) is 21.3. The molecule has 3 N–H and O–H groups in total. The zero-order valence-electron chi connectivity index (χ0n) is 16.5. The van der Waals surface area contributed by atoms with E-state index in [-0.39, 0.29) is 35.8 Å². The van der Waals surface area contributed by atoms with Crippen molar-refractivity contribution in [1.82, 2.24) is 4.90 Å². The maximum Gasteiger partial charge on any atom is 0.273 e. The van der Waals surface area contributed by atoms with E-state index in [4.69, 9.17) is 10.5 Å². The van der Waals surface area contributed by atoms with Crippen molar-refractivity contribution in [2.75, 3.05) is 25.0 Å². The number of piperidine rings is 1. The molecule has 1 unspecified atom stereocenters. The average Bonchev–Trinajstić information content (AvgIpc) is 2.74. The molecular weight excluding hydrogens is 388 g/mol. The van der Waals surface area contributed by atoms with Gasteiger partial charge in [0.15, 0.2) is 6.61 Å². The van der Waals surface area contributed by atoms with Crippen LogP contribution >= 0.6 is 0 Å². The first-order chi connectivity index (χ1) is 14.4. The summed E-state index contributed by atoms with van der Waals surface area (Å²) in [6.07, 6.45) is 1.79. The van der Waals surface area contributed by atoms with Crippen molar-refractivity contribution in [2.24, 2.45) is 11.7 Å². The fourth-order valence-electron chi connectivity index (χ4n) is 3.42. The molecule has 1 saturated heterocycles. The van der Waals surface area contributed by atoms with Crippen LogP contribution < -0.4 is 15.8 Å². The topological polar surface area (TPSA) is 128 Å². The van der Waals surface area contributed by atoms with Gasteiger partial charge in [-0.25, -0.2) is 0 Å². The second-order valence-electron chi connectivity index (χ2n) is 7.26. The number of rotatable bonds is 8. The highest BCUT2D eigenvalue weighted by Crippen LogP contribution is 2.20. The molecule has 0 aliphatic carbocycles. The molecule has 3 rings (SSSR count). The van der Waals surface area contributed by atoms with Gasteiger partial charge in [0.2, 0.25) is 5.91 Å². The zero-order valence-corrected chi connectivity index (χ0v) is 16.5. The molecule has 9 heteroatoms. The maximum absolute atomic E-state index is 12.1. The van der Waals surface area contributed by atoms with Gasteiger partial charge in [-0.3, -0.25) is 24.6 Å². The number of carbonyl (C=O) groups is 2. The quantitative estimate of drug-likeness (QED) is 0.506. The van der Waals surface area contributed by atoms with E-state index in [1.165, 1.54) is 18.2 Å². The van der Waals surface area contributed by atoms with E-state index in [0.717, 1.165) is 24.9 Å². The SMILES string of the molecule is NC(=O)C1CCCN(Cc2ccc(NC(=O)COc3cccc([N+](=O)[O-])c3)cc2)C1. The lowest BCUT2D eigenvalue weighted by molar-refractivity contribution is -0.384. The molecule has 0 spiro atoms. The summed E-state index contributed by atoms with van der Waals surface area (Å²) >= 11 is 0. The van der Waals surface area contributed by atoms with Crippen LogP contribution in [0.5, 0.6) is 5.75 Å². The molecule has 2 aromatic carbocycles. The third-order valence-corrected chi connectivity index (χ3v) is 4.95. The van der Waals surface area contributed by atoms with Crippen molar-refractivity contribution < 1.29 is 19.2 Å². The normalized spacial score (nSPS) is 16.6. The molecule has 1 aliphatic heterocycles. The number of anilines is 1. The monoisotopic (exact) mass is 412 g/mol. The van der Waals surface area contributed by atoms with Crippen LogP contribution in [0.4, 0.5) is 11.4 Å². The van der Waals surface area contributed by atoms with Gasteiger partial charge in [-0.05, 0) is 43.1 Å². The first-order valence-electron chi connectivity index (χ1n) is 9.68. The van der Waals surface area contributed by atoms with Gasteiger partial charge < -0.3 is 15.8 Å². The van der Waals surface area contributed by atoms with Crippen LogP contribution in [0.15, 0.2) is 48.5 Å². The summed E-state index contributed by atoms with van der Waals surface area (Å²) < 4.78 is 5.32. The summed E-state index contributed by atoms with van der Waals surface area (Å²) in [6, 6.07) is 13.1. The smallest absolute Gasteiger partial charge is 0.273 e. The Morgan fingerprint density at radius 2 is 2.00 bits per heavy atom. The highest BCUT2D eigenvalue weighted by molar-refractivity contribution is 5.91. The first-order valence-corrected chi connectivity index (χ1v) is 9.68. The Morgan fingerprint density at radius 3 is 2.70 bits per heavy atom.